The standard InChI is InChI=1S/C17H24N2O3S/c20-16(15-10-23-12-18-15)19-6-7-22-17(11-19)5-1-2-14(17)9-21-8-13-3-4-13/h10,12-14H,1-9,11H2/t14-,17+/m0/s1. The third-order valence-corrected chi connectivity index (χ3v) is 6.00. The summed E-state index contributed by atoms with van der Waals surface area (Å²) in [6, 6.07) is 0. The summed E-state index contributed by atoms with van der Waals surface area (Å²) in [6.45, 7) is 3.63. The van der Waals surface area contributed by atoms with Crippen LogP contribution in [0.25, 0.3) is 0 Å². The van der Waals surface area contributed by atoms with Crippen molar-refractivity contribution in [3.63, 3.8) is 0 Å². The van der Waals surface area contributed by atoms with Gasteiger partial charge >= 0.3 is 0 Å². The highest BCUT2D eigenvalue weighted by Gasteiger charge is 2.48. The fourth-order valence-electron chi connectivity index (χ4n) is 3.87. The lowest BCUT2D eigenvalue weighted by Gasteiger charge is -2.43. The van der Waals surface area contributed by atoms with Crippen LogP contribution in [0.4, 0.5) is 0 Å². The third-order valence-electron chi connectivity index (χ3n) is 5.41. The largest absolute Gasteiger partial charge is 0.381 e. The van der Waals surface area contributed by atoms with Crippen LogP contribution in [-0.2, 0) is 9.47 Å². The number of ether oxygens (including phenoxy) is 2. The maximum Gasteiger partial charge on any atom is 0.273 e. The first-order valence-corrected chi connectivity index (χ1v) is 9.60. The van der Waals surface area contributed by atoms with E-state index >= 15 is 0 Å². The minimum atomic E-state index is -0.201. The molecule has 0 radical (unpaired) electrons. The van der Waals surface area contributed by atoms with E-state index in [4.69, 9.17) is 9.47 Å². The van der Waals surface area contributed by atoms with Crippen molar-refractivity contribution in [1.82, 2.24) is 9.88 Å². The van der Waals surface area contributed by atoms with Crippen LogP contribution in [0.1, 0.15) is 42.6 Å². The highest BCUT2D eigenvalue weighted by molar-refractivity contribution is 7.07. The van der Waals surface area contributed by atoms with E-state index in [2.05, 4.69) is 4.98 Å². The molecule has 4 rings (SSSR count). The van der Waals surface area contributed by atoms with Crippen molar-refractivity contribution in [3.05, 3.63) is 16.6 Å². The van der Waals surface area contributed by atoms with Crippen molar-refractivity contribution < 1.29 is 14.3 Å². The maximum absolute atomic E-state index is 12.6. The molecular weight excluding hydrogens is 312 g/mol. The van der Waals surface area contributed by atoms with Crippen LogP contribution in [0.3, 0.4) is 0 Å². The molecule has 0 bridgehead atoms. The highest BCUT2D eigenvalue weighted by Crippen LogP contribution is 2.42. The van der Waals surface area contributed by atoms with Crippen LogP contribution >= 0.6 is 11.3 Å². The molecule has 23 heavy (non-hydrogen) atoms. The van der Waals surface area contributed by atoms with Gasteiger partial charge in [-0.25, -0.2) is 4.98 Å². The van der Waals surface area contributed by atoms with Gasteiger partial charge in [0.2, 0.25) is 0 Å². The summed E-state index contributed by atoms with van der Waals surface area (Å²) in [5.41, 5.74) is 2.08. The fourth-order valence-corrected chi connectivity index (χ4v) is 4.40. The van der Waals surface area contributed by atoms with Crippen molar-refractivity contribution in [3.8, 4) is 0 Å². The number of hydrogen-bond donors (Lipinski definition) is 0. The van der Waals surface area contributed by atoms with Crippen molar-refractivity contribution in [2.24, 2.45) is 11.8 Å². The molecule has 1 aromatic heterocycles. The number of carbonyl (C=O) groups excluding carboxylic acids is 1. The maximum atomic E-state index is 12.6. The number of aromatic nitrogens is 1. The highest BCUT2D eigenvalue weighted by atomic mass is 32.1. The van der Waals surface area contributed by atoms with Crippen molar-refractivity contribution >= 4 is 17.2 Å². The Morgan fingerprint density at radius 1 is 1.43 bits per heavy atom. The number of amides is 1. The molecule has 1 aliphatic heterocycles. The van der Waals surface area contributed by atoms with E-state index in [0.717, 1.165) is 38.4 Å². The molecule has 0 aromatic carbocycles. The van der Waals surface area contributed by atoms with E-state index in [1.54, 1.807) is 5.51 Å². The summed E-state index contributed by atoms with van der Waals surface area (Å²) in [6.07, 6.45) is 5.98. The molecular formula is C17H24N2O3S. The Hall–Kier alpha value is -0.980. The molecule has 0 unspecified atom stereocenters. The Labute approximate surface area is 141 Å². The molecule has 126 valence electrons. The van der Waals surface area contributed by atoms with Crippen LogP contribution in [0.15, 0.2) is 10.9 Å². The number of hydrogen-bond acceptors (Lipinski definition) is 5. The van der Waals surface area contributed by atoms with E-state index in [1.165, 1.54) is 24.2 Å². The molecule has 2 saturated carbocycles. The van der Waals surface area contributed by atoms with Gasteiger partial charge in [0.15, 0.2) is 0 Å². The second kappa shape index (κ2) is 6.49. The number of morpholine rings is 1. The molecule has 3 fully saturated rings. The van der Waals surface area contributed by atoms with E-state index in [1.807, 2.05) is 10.3 Å². The molecule has 6 heteroatoms. The molecule has 3 aliphatic rings. The number of carbonyl (C=O) groups is 1. The summed E-state index contributed by atoms with van der Waals surface area (Å²) in [4.78, 5) is 18.7. The third kappa shape index (κ3) is 3.30. The Kier molecular flexibility index (Phi) is 4.39. The molecule has 5 nitrogen and oxygen atoms in total. The normalized spacial score (nSPS) is 31.0. The molecule has 2 aliphatic carbocycles. The molecule has 1 saturated heterocycles. The monoisotopic (exact) mass is 336 g/mol. The van der Waals surface area contributed by atoms with E-state index in [-0.39, 0.29) is 11.5 Å². The molecule has 2 atom stereocenters. The predicted molar refractivity (Wildman–Crippen MR) is 87.6 cm³/mol. The van der Waals surface area contributed by atoms with Gasteiger partial charge in [-0.1, -0.05) is 6.42 Å². The first kappa shape index (κ1) is 15.5. The van der Waals surface area contributed by atoms with Gasteiger partial charge in [0.25, 0.3) is 5.91 Å². The summed E-state index contributed by atoms with van der Waals surface area (Å²) in [5.74, 6) is 1.24. The Morgan fingerprint density at radius 2 is 2.35 bits per heavy atom. The van der Waals surface area contributed by atoms with Gasteiger partial charge in [0.1, 0.15) is 5.69 Å². The van der Waals surface area contributed by atoms with Crippen molar-refractivity contribution in [2.75, 3.05) is 32.9 Å². The van der Waals surface area contributed by atoms with Gasteiger partial charge in [-0.15, -0.1) is 11.3 Å². The average Bonchev–Trinajstić information content (AvgIpc) is 3.08. The van der Waals surface area contributed by atoms with Crippen molar-refractivity contribution in [1.29, 1.82) is 0 Å². The van der Waals surface area contributed by atoms with E-state index in [9.17, 15) is 4.79 Å². The molecule has 1 spiro atoms. The molecule has 0 N–H and O–H groups in total. The van der Waals surface area contributed by atoms with Crippen LogP contribution in [0, 0.1) is 11.8 Å². The Balaban J connectivity index is 1.40. The van der Waals surface area contributed by atoms with Crippen LogP contribution in [0.2, 0.25) is 0 Å². The quantitative estimate of drug-likeness (QED) is 0.829. The number of rotatable bonds is 5. The van der Waals surface area contributed by atoms with Gasteiger partial charge in [0.05, 0.1) is 30.9 Å². The lowest BCUT2D eigenvalue weighted by molar-refractivity contribution is -0.133. The zero-order chi connectivity index (χ0) is 15.7. The minimum absolute atomic E-state index is 0.0403. The second-order valence-corrected chi connectivity index (χ2v) is 7.80. The first-order valence-electron chi connectivity index (χ1n) is 8.66. The lowest BCUT2D eigenvalue weighted by Crippen LogP contribution is -2.56. The van der Waals surface area contributed by atoms with E-state index in [0.29, 0.717) is 31.3 Å². The lowest BCUT2D eigenvalue weighted by atomic mass is 9.89. The Morgan fingerprint density at radius 3 is 3.13 bits per heavy atom. The molecule has 1 aromatic rings. The van der Waals surface area contributed by atoms with Crippen LogP contribution in [-0.4, -0.2) is 54.3 Å². The smallest absolute Gasteiger partial charge is 0.273 e. The fraction of sp³-hybridized carbons (Fsp3) is 0.765. The number of nitrogens with zero attached hydrogens (tertiary/aromatic N) is 2. The van der Waals surface area contributed by atoms with Gasteiger partial charge in [-0.2, -0.15) is 0 Å². The van der Waals surface area contributed by atoms with E-state index < -0.39 is 0 Å². The summed E-state index contributed by atoms with van der Waals surface area (Å²) in [7, 11) is 0. The zero-order valence-corrected chi connectivity index (χ0v) is 14.2. The summed E-state index contributed by atoms with van der Waals surface area (Å²) in [5, 5.41) is 1.83. The summed E-state index contributed by atoms with van der Waals surface area (Å²) < 4.78 is 12.2. The van der Waals surface area contributed by atoms with Gasteiger partial charge in [-0.3, -0.25) is 4.79 Å². The SMILES string of the molecule is O=C(c1cscn1)N1CCO[C@]2(CCC[C@H]2COCC2CC2)C1. The van der Waals surface area contributed by atoms with Gasteiger partial charge < -0.3 is 14.4 Å². The number of thiazole rings is 1. The van der Waals surface area contributed by atoms with Crippen LogP contribution < -0.4 is 0 Å². The van der Waals surface area contributed by atoms with Gasteiger partial charge in [-0.05, 0) is 31.6 Å². The van der Waals surface area contributed by atoms with Crippen molar-refractivity contribution in [2.45, 2.75) is 37.7 Å². The molecule has 1 amide bonds. The Bertz CT molecular complexity index is 546. The second-order valence-electron chi connectivity index (χ2n) is 7.08. The zero-order valence-electron chi connectivity index (χ0n) is 13.4. The average molecular weight is 336 g/mol. The van der Waals surface area contributed by atoms with Gasteiger partial charge in [0, 0.05) is 24.4 Å². The molecule has 2 heterocycles. The topological polar surface area (TPSA) is 51.7 Å². The predicted octanol–water partition coefficient (Wildman–Crippen LogP) is 2.58. The summed E-state index contributed by atoms with van der Waals surface area (Å²) >= 11 is 1.47. The first-order chi connectivity index (χ1) is 11.3. The van der Waals surface area contributed by atoms with Crippen LogP contribution in [0.5, 0.6) is 0 Å². The minimum Gasteiger partial charge on any atom is -0.381 e.